The standard InChI is InChI=1S/C15H24N6O.HI/c1-9-12(4)22-14(19-9)8-18-15(16-5)17-7-13-10(2)20-21(6)11(13)3;/h7-8H2,1-6H3,(H2,16,17,18);1H. The first-order valence-electron chi connectivity index (χ1n) is 7.28. The Kier molecular flexibility index (Phi) is 7.04. The van der Waals surface area contributed by atoms with Gasteiger partial charge in [0.25, 0.3) is 0 Å². The van der Waals surface area contributed by atoms with Gasteiger partial charge >= 0.3 is 0 Å². The number of oxazole rings is 1. The van der Waals surface area contributed by atoms with E-state index < -0.39 is 0 Å². The maximum Gasteiger partial charge on any atom is 0.214 e. The Balaban J connectivity index is 0.00000264. The fourth-order valence-corrected chi connectivity index (χ4v) is 2.24. The van der Waals surface area contributed by atoms with Crippen molar-refractivity contribution in [3.05, 3.63) is 34.3 Å². The number of nitrogens with one attached hydrogen (secondary N) is 2. The Morgan fingerprint density at radius 3 is 2.26 bits per heavy atom. The minimum absolute atomic E-state index is 0. The van der Waals surface area contributed by atoms with Gasteiger partial charge in [-0.15, -0.1) is 24.0 Å². The molecule has 0 aliphatic rings. The van der Waals surface area contributed by atoms with Crippen LogP contribution in [0.5, 0.6) is 0 Å². The second-order valence-corrected chi connectivity index (χ2v) is 5.30. The van der Waals surface area contributed by atoms with E-state index in [1.54, 1.807) is 7.05 Å². The van der Waals surface area contributed by atoms with E-state index in [4.69, 9.17) is 4.42 Å². The van der Waals surface area contributed by atoms with Crippen LogP contribution in [-0.2, 0) is 20.1 Å². The SMILES string of the molecule is CN=C(NCc1nc(C)c(C)o1)NCc1c(C)nn(C)c1C.I. The van der Waals surface area contributed by atoms with E-state index in [0.29, 0.717) is 24.9 Å². The number of nitrogens with zero attached hydrogens (tertiary/aromatic N) is 4. The molecule has 0 saturated carbocycles. The van der Waals surface area contributed by atoms with Crippen LogP contribution in [0.3, 0.4) is 0 Å². The van der Waals surface area contributed by atoms with Crippen molar-refractivity contribution in [1.29, 1.82) is 0 Å². The molecule has 0 spiro atoms. The maximum absolute atomic E-state index is 5.54. The van der Waals surface area contributed by atoms with Crippen LogP contribution in [0.1, 0.15) is 34.3 Å². The molecular weight excluding hydrogens is 407 g/mol. The van der Waals surface area contributed by atoms with E-state index in [1.165, 1.54) is 5.56 Å². The van der Waals surface area contributed by atoms with E-state index in [-0.39, 0.29) is 24.0 Å². The lowest BCUT2D eigenvalue weighted by Gasteiger charge is -2.11. The van der Waals surface area contributed by atoms with Crippen LogP contribution in [-0.4, -0.2) is 27.8 Å². The van der Waals surface area contributed by atoms with Gasteiger partial charge in [0.2, 0.25) is 5.89 Å². The molecule has 8 heteroatoms. The molecule has 0 unspecified atom stereocenters. The highest BCUT2D eigenvalue weighted by molar-refractivity contribution is 14.0. The van der Waals surface area contributed by atoms with E-state index in [1.807, 2.05) is 32.5 Å². The lowest BCUT2D eigenvalue weighted by Crippen LogP contribution is -2.36. The average molecular weight is 432 g/mol. The molecule has 0 aliphatic heterocycles. The van der Waals surface area contributed by atoms with E-state index in [0.717, 1.165) is 22.8 Å². The Bertz CT molecular complexity index is 669. The fraction of sp³-hybridized carbons (Fsp3) is 0.533. The highest BCUT2D eigenvalue weighted by atomic mass is 127. The number of guanidine groups is 1. The smallest absolute Gasteiger partial charge is 0.214 e. The van der Waals surface area contributed by atoms with Gasteiger partial charge in [-0.3, -0.25) is 9.67 Å². The molecule has 0 aromatic carbocycles. The zero-order chi connectivity index (χ0) is 16.3. The second kappa shape index (κ2) is 8.32. The van der Waals surface area contributed by atoms with Crippen LogP contribution < -0.4 is 10.6 Å². The molecule has 23 heavy (non-hydrogen) atoms. The number of halogens is 1. The quantitative estimate of drug-likeness (QED) is 0.440. The van der Waals surface area contributed by atoms with Gasteiger partial charge in [0.15, 0.2) is 5.96 Å². The molecule has 0 aliphatic carbocycles. The Hall–Kier alpha value is -1.58. The van der Waals surface area contributed by atoms with Gasteiger partial charge in [0.1, 0.15) is 5.76 Å². The normalized spacial score (nSPS) is 11.3. The number of hydrogen-bond acceptors (Lipinski definition) is 4. The summed E-state index contributed by atoms with van der Waals surface area (Å²) in [5.41, 5.74) is 4.29. The Morgan fingerprint density at radius 1 is 1.13 bits per heavy atom. The van der Waals surface area contributed by atoms with Crippen molar-refractivity contribution in [2.45, 2.75) is 40.8 Å². The van der Waals surface area contributed by atoms with Gasteiger partial charge in [-0.2, -0.15) is 5.10 Å². The molecule has 0 saturated heterocycles. The van der Waals surface area contributed by atoms with E-state index in [2.05, 4.69) is 32.6 Å². The fourth-order valence-electron chi connectivity index (χ4n) is 2.24. The predicted molar refractivity (Wildman–Crippen MR) is 101 cm³/mol. The van der Waals surface area contributed by atoms with Gasteiger partial charge in [-0.05, 0) is 27.7 Å². The zero-order valence-electron chi connectivity index (χ0n) is 14.5. The Morgan fingerprint density at radius 2 is 1.78 bits per heavy atom. The van der Waals surface area contributed by atoms with Gasteiger partial charge in [-0.25, -0.2) is 4.98 Å². The molecule has 0 fully saturated rings. The molecule has 0 atom stereocenters. The van der Waals surface area contributed by atoms with Gasteiger partial charge < -0.3 is 15.1 Å². The molecule has 2 heterocycles. The minimum atomic E-state index is 0. The molecule has 0 amide bonds. The monoisotopic (exact) mass is 432 g/mol. The number of aliphatic imine (C=N–C) groups is 1. The summed E-state index contributed by atoms with van der Waals surface area (Å²) in [7, 11) is 3.69. The molecule has 2 N–H and O–H groups in total. The summed E-state index contributed by atoms with van der Waals surface area (Å²) in [6.45, 7) is 9.09. The van der Waals surface area contributed by atoms with E-state index >= 15 is 0 Å². The van der Waals surface area contributed by atoms with Crippen molar-refractivity contribution in [3.63, 3.8) is 0 Å². The summed E-state index contributed by atoms with van der Waals surface area (Å²) >= 11 is 0. The topological polar surface area (TPSA) is 80.3 Å². The van der Waals surface area contributed by atoms with Crippen LogP contribution in [0.2, 0.25) is 0 Å². The second-order valence-electron chi connectivity index (χ2n) is 5.30. The van der Waals surface area contributed by atoms with Crippen molar-refractivity contribution >= 4 is 29.9 Å². The van der Waals surface area contributed by atoms with Crippen LogP contribution in [0.4, 0.5) is 0 Å². The molecular formula is C15H25IN6O. The molecule has 0 radical (unpaired) electrons. The van der Waals surface area contributed by atoms with Crippen molar-refractivity contribution in [2.24, 2.45) is 12.0 Å². The molecule has 7 nitrogen and oxygen atoms in total. The molecule has 128 valence electrons. The largest absolute Gasteiger partial charge is 0.444 e. The van der Waals surface area contributed by atoms with Crippen molar-refractivity contribution in [2.75, 3.05) is 7.05 Å². The third-order valence-corrected chi connectivity index (χ3v) is 3.79. The molecule has 2 rings (SSSR count). The minimum Gasteiger partial charge on any atom is -0.444 e. The highest BCUT2D eigenvalue weighted by Crippen LogP contribution is 2.11. The summed E-state index contributed by atoms with van der Waals surface area (Å²) in [6, 6.07) is 0. The molecule has 0 bridgehead atoms. The summed E-state index contributed by atoms with van der Waals surface area (Å²) in [6.07, 6.45) is 0. The molecule has 2 aromatic rings. The Labute approximate surface area is 154 Å². The number of hydrogen-bond donors (Lipinski definition) is 2. The third kappa shape index (κ3) is 4.69. The van der Waals surface area contributed by atoms with Crippen LogP contribution in [0.15, 0.2) is 9.41 Å². The maximum atomic E-state index is 5.54. The molecule has 2 aromatic heterocycles. The summed E-state index contributed by atoms with van der Waals surface area (Å²) in [4.78, 5) is 8.55. The van der Waals surface area contributed by atoms with Gasteiger partial charge in [-0.1, -0.05) is 0 Å². The number of rotatable bonds is 4. The van der Waals surface area contributed by atoms with Gasteiger partial charge in [0.05, 0.1) is 17.9 Å². The first-order valence-corrected chi connectivity index (χ1v) is 7.28. The third-order valence-electron chi connectivity index (χ3n) is 3.79. The summed E-state index contributed by atoms with van der Waals surface area (Å²) in [5.74, 6) is 2.21. The van der Waals surface area contributed by atoms with E-state index in [9.17, 15) is 0 Å². The number of aromatic nitrogens is 3. The van der Waals surface area contributed by atoms with Crippen LogP contribution in [0, 0.1) is 27.7 Å². The number of aryl methyl sites for hydroxylation is 4. The summed E-state index contributed by atoms with van der Waals surface area (Å²) < 4.78 is 7.43. The van der Waals surface area contributed by atoms with Crippen molar-refractivity contribution < 1.29 is 4.42 Å². The van der Waals surface area contributed by atoms with Crippen LogP contribution >= 0.6 is 24.0 Å². The first-order chi connectivity index (χ1) is 10.4. The summed E-state index contributed by atoms with van der Waals surface area (Å²) in [5, 5.41) is 10.9. The van der Waals surface area contributed by atoms with Crippen molar-refractivity contribution in [1.82, 2.24) is 25.4 Å². The lowest BCUT2D eigenvalue weighted by molar-refractivity contribution is 0.463. The zero-order valence-corrected chi connectivity index (χ0v) is 16.8. The highest BCUT2D eigenvalue weighted by Gasteiger charge is 2.10. The van der Waals surface area contributed by atoms with Crippen molar-refractivity contribution in [3.8, 4) is 0 Å². The van der Waals surface area contributed by atoms with Gasteiger partial charge in [0, 0.05) is 31.9 Å². The average Bonchev–Trinajstić information content (AvgIpc) is 2.92. The first kappa shape index (κ1) is 19.5. The van der Waals surface area contributed by atoms with Crippen LogP contribution in [0.25, 0.3) is 0 Å². The lowest BCUT2D eigenvalue weighted by atomic mass is 10.2. The predicted octanol–water partition coefficient (Wildman–Crippen LogP) is 2.12.